The average Bonchev–Trinajstić information content (AvgIpc) is 0.793. The lowest BCUT2D eigenvalue weighted by atomic mass is 9.39. The highest BCUT2D eigenvalue weighted by Gasteiger charge is 2.66. The minimum atomic E-state index is -0.983. The molecule has 5 aromatic heterocycles. The summed E-state index contributed by atoms with van der Waals surface area (Å²) >= 11 is 3.16. The number of aromatic nitrogens is 7. The molecule has 4 N–H and O–H groups in total. The Morgan fingerprint density at radius 2 is 1.58 bits per heavy atom. The second kappa shape index (κ2) is 27.0. The third-order valence-corrected chi connectivity index (χ3v) is 24.2. The van der Waals surface area contributed by atoms with Gasteiger partial charge in [-0.25, -0.2) is 15.0 Å². The predicted molar refractivity (Wildman–Crippen MR) is 382 cm³/mol. The van der Waals surface area contributed by atoms with Crippen molar-refractivity contribution >= 4 is 79.1 Å². The van der Waals surface area contributed by atoms with E-state index in [0.717, 1.165) is 135 Å². The smallest absolute Gasteiger partial charge is 0.273 e. The van der Waals surface area contributed by atoms with Gasteiger partial charge >= 0.3 is 0 Å². The predicted octanol–water partition coefficient (Wildman–Crippen LogP) is 11.8. The third kappa shape index (κ3) is 13.9. The lowest BCUT2D eigenvalue weighted by molar-refractivity contribution is -0.248. The van der Waals surface area contributed by atoms with Gasteiger partial charge in [0.2, 0.25) is 17.7 Å². The number of piperidine rings is 1. The van der Waals surface area contributed by atoms with E-state index in [1.54, 1.807) is 22.7 Å². The van der Waals surface area contributed by atoms with Crippen LogP contribution in [0.2, 0.25) is 0 Å². The summed E-state index contributed by atoms with van der Waals surface area (Å²) in [6.45, 7) is 25.2. The lowest BCUT2D eigenvalue weighted by Gasteiger charge is -2.69. The van der Waals surface area contributed by atoms with E-state index in [9.17, 15) is 19.5 Å². The fraction of sp³-hybridized carbons (Fsp3) is 0.573. The van der Waals surface area contributed by atoms with Gasteiger partial charge in [0.1, 0.15) is 23.6 Å². The second-order valence-electron chi connectivity index (χ2n) is 31.5. The number of nitrogens with zero attached hydrogens (tertiary/aromatic N) is 11. The Morgan fingerprint density at radius 1 is 0.827 bits per heavy atom. The van der Waals surface area contributed by atoms with E-state index in [4.69, 9.17) is 34.7 Å². The summed E-state index contributed by atoms with van der Waals surface area (Å²) < 4.78 is 16.9. The third-order valence-electron chi connectivity index (χ3n) is 22.3. The van der Waals surface area contributed by atoms with Gasteiger partial charge < -0.3 is 50.1 Å². The largest absolute Gasteiger partial charge is 0.391 e. The van der Waals surface area contributed by atoms with Crippen molar-refractivity contribution in [1.29, 1.82) is 0 Å². The molecule has 0 spiro atoms. The van der Waals surface area contributed by atoms with Crippen molar-refractivity contribution in [3.8, 4) is 21.6 Å². The standard InChI is InChI=1S/C75H96N14O7S2/c1-46-54-15-14-29-87(66(54)84-83-65(46)82-70-79-57-16-10-11-17-59(57)98-70)60-23-22-55(56-36-77-89(49(56)4)44-74-39-72(8)38-73(9,40-74)42-75(41-72,43-74)96-34-32-85-27-12-13-28-85)62(80-60)68(93)86-30-24-53(25-31-86)95-33-26-61(91)81-64(71(5,6)7)69(94)88-37-52(90)35-58(88)67(92)78-47(2)50-18-20-51(21-19-50)63-48(3)76-45-97-63/h10-11,16-23,36,45,47,52-53,58,64,90H,12-15,24-35,37-44H2,1-9H3,(H,78,92)(H,81,91)(H,79,82,83)/t47-,52+,58-,64+,72-,73+,74?,75?/m0/s1. The number of aliphatic hydroxyl groups is 1. The Hall–Kier alpha value is -7.28. The zero-order valence-electron chi connectivity index (χ0n) is 58.4. The topological polar surface area (TPSA) is 238 Å². The van der Waals surface area contributed by atoms with E-state index in [-0.39, 0.29) is 77.7 Å². The summed E-state index contributed by atoms with van der Waals surface area (Å²) in [5.41, 5.74) is 10.2. The van der Waals surface area contributed by atoms with Gasteiger partial charge in [-0.3, -0.25) is 23.9 Å². The van der Waals surface area contributed by atoms with Crippen LogP contribution in [0.1, 0.15) is 170 Å². The minimum absolute atomic E-state index is 0.00467. The summed E-state index contributed by atoms with van der Waals surface area (Å²) in [6.07, 6.45) is 13.0. The number of nitrogens with one attached hydrogen (secondary N) is 3. The molecule has 7 aromatic rings. The van der Waals surface area contributed by atoms with Crippen molar-refractivity contribution in [3.05, 3.63) is 106 Å². The summed E-state index contributed by atoms with van der Waals surface area (Å²) in [5.74, 6) is 0.662. The minimum Gasteiger partial charge on any atom is -0.391 e. The first-order chi connectivity index (χ1) is 46.9. The number of carbonyl (C=O) groups is 4. The molecule has 3 saturated heterocycles. The van der Waals surface area contributed by atoms with Crippen LogP contribution in [0.15, 0.2) is 72.4 Å². The molecule has 15 rings (SSSR count). The van der Waals surface area contributed by atoms with Crippen molar-refractivity contribution < 1.29 is 33.8 Å². The van der Waals surface area contributed by atoms with E-state index in [1.165, 1.54) is 37.3 Å². The van der Waals surface area contributed by atoms with E-state index >= 15 is 4.79 Å². The number of β-amino-alcohol motifs (C(OH)–C–C–N with tert-alkyl or cyclic N) is 1. The molecule has 4 amide bonds. The molecule has 520 valence electrons. The maximum Gasteiger partial charge on any atom is 0.273 e. The van der Waals surface area contributed by atoms with E-state index in [0.29, 0.717) is 49.8 Å². The van der Waals surface area contributed by atoms with Gasteiger partial charge in [-0.15, -0.1) is 21.5 Å². The van der Waals surface area contributed by atoms with Gasteiger partial charge in [0, 0.05) is 80.1 Å². The number of likely N-dealkylation sites (tertiary alicyclic amines) is 3. The van der Waals surface area contributed by atoms with Crippen molar-refractivity contribution in [2.45, 2.75) is 195 Å². The van der Waals surface area contributed by atoms with Crippen LogP contribution in [-0.4, -0.2) is 167 Å². The van der Waals surface area contributed by atoms with Crippen molar-refractivity contribution in [1.82, 2.24) is 60.3 Å². The number of aliphatic hydroxyl groups excluding tert-OH is 1. The quantitative estimate of drug-likeness (QED) is 0.0523. The highest BCUT2D eigenvalue weighted by molar-refractivity contribution is 7.22. The Balaban J connectivity index is 0.653. The molecule has 21 nitrogen and oxygen atoms in total. The lowest BCUT2D eigenvalue weighted by Crippen LogP contribution is -2.64. The van der Waals surface area contributed by atoms with Crippen LogP contribution in [-0.2, 0) is 36.8 Å². The number of amides is 4. The maximum absolute atomic E-state index is 15.5. The van der Waals surface area contributed by atoms with Crippen LogP contribution in [0, 0.1) is 42.4 Å². The Morgan fingerprint density at radius 3 is 2.31 bits per heavy atom. The molecule has 0 radical (unpaired) electrons. The highest BCUT2D eigenvalue weighted by Crippen LogP contribution is 2.72. The van der Waals surface area contributed by atoms with Gasteiger partial charge in [0.05, 0.1) is 69.6 Å². The summed E-state index contributed by atoms with van der Waals surface area (Å²) in [6, 6.07) is 17.9. The van der Waals surface area contributed by atoms with Gasteiger partial charge in [-0.1, -0.05) is 82.4 Å². The van der Waals surface area contributed by atoms with Crippen LogP contribution >= 0.6 is 22.7 Å². The molecule has 2 unspecified atom stereocenters. The molecule has 4 bridgehead atoms. The number of anilines is 4. The van der Waals surface area contributed by atoms with Crippen molar-refractivity contribution in [2.75, 3.05) is 69.2 Å². The normalized spacial score (nSPS) is 25.5. The van der Waals surface area contributed by atoms with Gasteiger partial charge in [-0.2, -0.15) is 5.10 Å². The average molecular weight is 1370 g/mol. The van der Waals surface area contributed by atoms with Crippen LogP contribution < -0.4 is 20.9 Å². The fourth-order valence-corrected chi connectivity index (χ4v) is 20.3. The van der Waals surface area contributed by atoms with E-state index < -0.39 is 29.5 Å². The number of hydrogen-bond acceptors (Lipinski definition) is 18. The number of carbonyl (C=O) groups excluding carboxylic acids is 4. The molecule has 7 fully saturated rings. The maximum atomic E-state index is 15.5. The molecule has 23 heteroatoms. The number of fused-ring (bicyclic) bond motifs is 2. The van der Waals surface area contributed by atoms with E-state index in [2.05, 4.69) is 69.2 Å². The van der Waals surface area contributed by atoms with Crippen molar-refractivity contribution in [2.24, 2.45) is 21.7 Å². The van der Waals surface area contributed by atoms with Crippen molar-refractivity contribution in [3.63, 3.8) is 0 Å². The molecular weight excluding hydrogens is 1270 g/mol. The first-order valence-electron chi connectivity index (χ1n) is 35.6. The molecule has 9 heterocycles. The number of ether oxygens (including phenoxy) is 2. The molecule has 2 aromatic carbocycles. The van der Waals surface area contributed by atoms with Crippen LogP contribution in [0.5, 0.6) is 0 Å². The summed E-state index contributed by atoms with van der Waals surface area (Å²) in [5, 5.41) is 36.0. The number of para-hydroxylation sites is 1. The number of rotatable bonds is 21. The molecule has 98 heavy (non-hydrogen) atoms. The Kier molecular flexibility index (Phi) is 18.7. The first kappa shape index (κ1) is 67.9. The van der Waals surface area contributed by atoms with Crippen LogP contribution in [0.3, 0.4) is 0 Å². The number of aryl methyl sites for hydroxylation is 1. The molecule has 8 aliphatic rings. The monoisotopic (exact) mass is 1370 g/mol. The van der Waals surface area contributed by atoms with Crippen LogP contribution in [0.4, 0.5) is 22.6 Å². The fourth-order valence-electron chi connectivity index (χ4n) is 18.6. The number of hydrogen-bond donors (Lipinski definition) is 4. The molecule has 4 aliphatic heterocycles. The SMILES string of the molecule is Cc1ncsc1-c1ccc([C@H](C)NC(=O)[C@@H]2C[C@@H](O)CN2C(=O)[C@@H](NC(=O)CCOC2CCN(C(=O)c3nc(N4CCCc5c4nnc(Nc4nc6ccccc6s4)c5C)ccc3-c3cnn(CC45CC6(OCCN7CCCC7)C[C@](C)(C4)C[C@](C)(C5)C6)c3C)CC2)C(C)(C)C)cc1. The van der Waals surface area contributed by atoms with Crippen LogP contribution in [0.25, 0.3) is 31.8 Å². The zero-order chi connectivity index (χ0) is 68.5. The summed E-state index contributed by atoms with van der Waals surface area (Å²) in [4.78, 5) is 81.4. The number of thiazole rings is 2. The molecular formula is C75H96N14O7S2. The van der Waals surface area contributed by atoms with Gasteiger partial charge in [0.15, 0.2) is 16.8 Å². The number of benzene rings is 2. The second-order valence-corrected chi connectivity index (χ2v) is 33.4. The zero-order valence-corrected chi connectivity index (χ0v) is 60.1. The first-order valence-corrected chi connectivity index (χ1v) is 37.3. The Labute approximate surface area is 583 Å². The number of pyridine rings is 1. The van der Waals surface area contributed by atoms with E-state index in [1.807, 2.05) is 106 Å². The molecule has 4 saturated carbocycles. The summed E-state index contributed by atoms with van der Waals surface area (Å²) in [7, 11) is 0. The van der Waals surface area contributed by atoms with Gasteiger partial charge in [-0.05, 0) is 175 Å². The Bertz CT molecular complexity index is 4080. The molecule has 8 atom stereocenters. The molecule has 4 aliphatic carbocycles. The highest BCUT2D eigenvalue weighted by atomic mass is 32.1. The van der Waals surface area contributed by atoms with Gasteiger partial charge in [0.25, 0.3) is 5.91 Å².